The Labute approximate surface area is 176 Å². The molecule has 0 aromatic heterocycles. The van der Waals surface area contributed by atoms with Gasteiger partial charge in [0.1, 0.15) is 11.5 Å². The Balaban J connectivity index is 2.07. The molecule has 0 heterocycles. The van der Waals surface area contributed by atoms with E-state index in [1.807, 2.05) is 60.7 Å². The average molecular weight is 404 g/mol. The van der Waals surface area contributed by atoms with E-state index in [4.69, 9.17) is 9.47 Å². The van der Waals surface area contributed by atoms with E-state index in [0.29, 0.717) is 34.2 Å². The number of methoxy groups -OCH3 is 2. The molecular formula is C24H24N2O4. The molecule has 0 saturated heterocycles. The van der Waals surface area contributed by atoms with Crippen molar-refractivity contribution >= 4 is 34.6 Å². The van der Waals surface area contributed by atoms with Gasteiger partial charge in [-0.1, -0.05) is 18.2 Å². The minimum absolute atomic E-state index is 0.156. The van der Waals surface area contributed by atoms with E-state index in [2.05, 4.69) is 0 Å². The van der Waals surface area contributed by atoms with Crippen LogP contribution in [0.25, 0.3) is 0 Å². The van der Waals surface area contributed by atoms with Gasteiger partial charge in [-0.25, -0.2) is 0 Å². The van der Waals surface area contributed by atoms with Crippen molar-refractivity contribution in [2.45, 2.75) is 13.8 Å². The van der Waals surface area contributed by atoms with Gasteiger partial charge in [0.05, 0.1) is 37.0 Å². The van der Waals surface area contributed by atoms with Crippen molar-refractivity contribution in [1.29, 1.82) is 0 Å². The maximum absolute atomic E-state index is 12.5. The van der Waals surface area contributed by atoms with E-state index < -0.39 is 0 Å². The maximum atomic E-state index is 12.5. The highest BCUT2D eigenvalue weighted by atomic mass is 16.5. The van der Waals surface area contributed by atoms with E-state index in [1.54, 1.807) is 36.2 Å². The van der Waals surface area contributed by atoms with Crippen LogP contribution in [-0.2, 0) is 9.59 Å². The molecule has 6 heteroatoms. The lowest BCUT2D eigenvalue weighted by molar-refractivity contribution is -0.116. The number of hydrogen-bond donors (Lipinski definition) is 0. The van der Waals surface area contributed by atoms with Gasteiger partial charge in [0.2, 0.25) is 11.8 Å². The zero-order valence-corrected chi connectivity index (χ0v) is 17.5. The predicted molar refractivity (Wildman–Crippen MR) is 118 cm³/mol. The second-order valence-electron chi connectivity index (χ2n) is 6.63. The summed E-state index contributed by atoms with van der Waals surface area (Å²) >= 11 is 0. The molecule has 0 fully saturated rings. The predicted octanol–water partition coefficient (Wildman–Crippen LogP) is 5.07. The number of nitrogens with zero attached hydrogens (tertiary/aromatic N) is 2. The molecule has 6 nitrogen and oxygen atoms in total. The monoisotopic (exact) mass is 404 g/mol. The fraction of sp³-hybridized carbons (Fsp3) is 0.167. The Morgan fingerprint density at radius 3 is 1.27 bits per heavy atom. The van der Waals surface area contributed by atoms with Gasteiger partial charge in [-0.05, 0) is 42.5 Å². The van der Waals surface area contributed by atoms with Gasteiger partial charge in [0, 0.05) is 26.0 Å². The number of benzene rings is 3. The number of anilines is 4. The molecule has 30 heavy (non-hydrogen) atoms. The molecule has 0 aliphatic heterocycles. The number of rotatable bonds is 6. The fourth-order valence-electron chi connectivity index (χ4n) is 3.30. The lowest BCUT2D eigenvalue weighted by atomic mass is 10.1. The number of ether oxygens (including phenoxy) is 2. The second-order valence-corrected chi connectivity index (χ2v) is 6.63. The summed E-state index contributed by atoms with van der Waals surface area (Å²) in [5.74, 6) is 0.987. The first-order valence-electron chi connectivity index (χ1n) is 9.44. The highest BCUT2D eigenvalue weighted by molar-refractivity contribution is 6.02. The van der Waals surface area contributed by atoms with Crippen LogP contribution in [0.2, 0.25) is 0 Å². The third-order valence-corrected chi connectivity index (χ3v) is 4.60. The number of hydrogen-bond acceptors (Lipinski definition) is 4. The minimum atomic E-state index is -0.156. The Hall–Kier alpha value is -3.80. The summed E-state index contributed by atoms with van der Waals surface area (Å²) in [7, 11) is 3.16. The molecular weight excluding hydrogens is 380 g/mol. The van der Waals surface area contributed by atoms with Gasteiger partial charge in [-0.3, -0.25) is 19.4 Å². The molecule has 154 valence electrons. The van der Waals surface area contributed by atoms with Crippen molar-refractivity contribution in [3.8, 4) is 11.5 Å². The number of carbonyl (C=O) groups excluding carboxylic acids is 2. The normalized spacial score (nSPS) is 10.3. The largest absolute Gasteiger partial charge is 0.497 e. The van der Waals surface area contributed by atoms with Gasteiger partial charge in [0.25, 0.3) is 0 Å². The molecule has 0 aliphatic carbocycles. The van der Waals surface area contributed by atoms with Crippen LogP contribution in [-0.4, -0.2) is 26.0 Å². The van der Waals surface area contributed by atoms with Crippen LogP contribution < -0.4 is 19.3 Å². The summed E-state index contributed by atoms with van der Waals surface area (Å²) in [5, 5.41) is 0. The summed E-state index contributed by atoms with van der Waals surface area (Å²) in [6.07, 6.45) is 0. The molecule has 0 bridgehead atoms. The van der Waals surface area contributed by atoms with Gasteiger partial charge < -0.3 is 9.47 Å². The SMILES string of the molecule is COc1cccc(N(C(C)=O)c2cccc(N(C(C)=O)c3cccc(OC)c3)c2)c1. The Morgan fingerprint density at radius 1 is 0.600 bits per heavy atom. The summed E-state index contributed by atoms with van der Waals surface area (Å²) in [6, 6.07) is 21.8. The first-order chi connectivity index (χ1) is 14.4. The van der Waals surface area contributed by atoms with Crippen LogP contribution in [0.1, 0.15) is 13.8 Å². The molecule has 0 radical (unpaired) electrons. The third kappa shape index (κ3) is 4.43. The molecule has 0 aliphatic rings. The third-order valence-electron chi connectivity index (χ3n) is 4.60. The lowest BCUT2D eigenvalue weighted by Crippen LogP contribution is -2.25. The van der Waals surface area contributed by atoms with E-state index in [9.17, 15) is 9.59 Å². The standard InChI is InChI=1S/C24H24N2O4/c1-17(27)25(21-10-6-12-23(15-21)29-3)19-8-5-9-20(14-19)26(18(2)28)22-11-7-13-24(16-22)30-4/h5-16H,1-4H3. The smallest absolute Gasteiger partial charge is 0.228 e. The lowest BCUT2D eigenvalue weighted by Gasteiger charge is -2.26. The minimum Gasteiger partial charge on any atom is -0.497 e. The molecule has 0 saturated carbocycles. The van der Waals surface area contributed by atoms with Crippen molar-refractivity contribution in [3.05, 3.63) is 72.8 Å². The molecule has 0 spiro atoms. The molecule has 0 unspecified atom stereocenters. The van der Waals surface area contributed by atoms with E-state index in [-0.39, 0.29) is 11.8 Å². The van der Waals surface area contributed by atoms with Gasteiger partial charge in [0.15, 0.2) is 0 Å². The highest BCUT2D eigenvalue weighted by Gasteiger charge is 2.19. The summed E-state index contributed by atoms with van der Waals surface area (Å²) in [4.78, 5) is 28.2. The Kier molecular flexibility index (Phi) is 6.37. The van der Waals surface area contributed by atoms with Gasteiger partial charge in [-0.15, -0.1) is 0 Å². The highest BCUT2D eigenvalue weighted by Crippen LogP contribution is 2.34. The zero-order chi connectivity index (χ0) is 21.7. The van der Waals surface area contributed by atoms with Crippen molar-refractivity contribution in [1.82, 2.24) is 0 Å². The first kappa shape index (κ1) is 20.9. The van der Waals surface area contributed by atoms with Gasteiger partial charge in [-0.2, -0.15) is 0 Å². The quantitative estimate of drug-likeness (QED) is 0.575. The maximum Gasteiger partial charge on any atom is 0.228 e. The first-order valence-corrected chi connectivity index (χ1v) is 9.44. The fourth-order valence-corrected chi connectivity index (χ4v) is 3.30. The Morgan fingerprint density at radius 2 is 0.933 bits per heavy atom. The van der Waals surface area contributed by atoms with Crippen LogP contribution in [0.15, 0.2) is 72.8 Å². The number of amides is 2. The topological polar surface area (TPSA) is 59.1 Å². The molecule has 0 N–H and O–H groups in total. The van der Waals surface area contributed by atoms with E-state index in [0.717, 1.165) is 0 Å². The van der Waals surface area contributed by atoms with Crippen LogP contribution in [0, 0.1) is 0 Å². The average Bonchev–Trinajstić information content (AvgIpc) is 2.74. The van der Waals surface area contributed by atoms with Crippen LogP contribution in [0.5, 0.6) is 11.5 Å². The van der Waals surface area contributed by atoms with Crippen LogP contribution in [0.4, 0.5) is 22.7 Å². The summed E-state index contributed by atoms with van der Waals surface area (Å²) in [6.45, 7) is 2.99. The molecule has 3 aromatic rings. The van der Waals surface area contributed by atoms with Crippen molar-refractivity contribution in [3.63, 3.8) is 0 Å². The molecule has 0 atom stereocenters. The summed E-state index contributed by atoms with van der Waals surface area (Å²) in [5.41, 5.74) is 2.63. The summed E-state index contributed by atoms with van der Waals surface area (Å²) < 4.78 is 10.6. The second kappa shape index (κ2) is 9.13. The van der Waals surface area contributed by atoms with Crippen molar-refractivity contribution in [2.24, 2.45) is 0 Å². The van der Waals surface area contributed by atoms with Crippen molar-refractivity contribution < 1.29 is 19.1 Å². The zero-order valence-electron chi connectivity index (χ0n) is 17.5. The number of carbonyl (C=O) groups is 2. The van der Waals surface area contributed by atoms with Gasteiger partial charge >= 0.3 is 0 Å². The Bertz CT molecular complexity index is 984. The molecule has 2 amide bonds. The molecule has 3 aromatic carbocycles. The van der Waals surface area contributed by atoms with E-state index >= 15 is 0 Å². The van der Waals surface area contributed by atoms with Crippen LogP contribution in [0.3, 0.4) is 0 Å². The molecule has 3 rings (SSSR count). The van der Waals surface area contributed by atoms with E-state index in [1.165, 1.54) is 13.8 Å². The van der Waals surface area contributed by atoms with Crippen molar-refractivity contribution in [2.75, 3.05) is 24.0 Å². The van der Waals surface area contributed by atoms with Crippen LogP contribution >= 0.6 is 0 Å².